The Balaban J connectivity index is 2.14. The molecular formula is C11H12ClF2NO. The molecule has 2 nitrogen and oxygen atoms in total. The normalized spacial score (nSPS) is 20.8. The Morgan fingerprint density at radius 1 is 1.38 bits per heavy atom. The van der Waals surface area contributed by atoms with Gasteiger partial charge < -0.3 is 10.1 Å². The highest BCUT2D eigenvalue weighted by Crippen LogP contribution is 2.28. The molecular weight excluding hydrogens is 236 g/mol. The Morgan fingerprint density at radius 2 is 2.19 bits per heavy atom. The van der Waals surface area contributed by atoms with Gasteiger partial charge in [-0.25, -0.2) is 8.78 Å². The van der Waals surface area contributed by atoms with Gasteiger partial charge in [0.2, 0.25) is 0 Å². The zero-order chi connectivity index (χ0) is 11.5. The van der Waals surface area contributed by atoms with Gasteiger partial charge in [-0.1, -0.05) is 11.6 Å². The summed E-state index contributed by atoms with van der Waals surface area (Å²) in [6, 6.07) is 1.94. The fourth-order valence-corrected chi connectivity index (χ4v) is 1.99. The number of rotatable bonds is 2. The molecule has 1 saturated heterocycles. The van der Waals surface area contributed by atoms with E-state index >= 15 is 0 Å². The highest BCUT2D eigenvalue weighted by atomic mass is 35.5. The zero-order valence-electron chi connectivity index (χ0n) is 8.60. The third-order valence-electron chi connectivity index (χ3n) is 2.52. The topological polar surface area (TPSA) is 21.3 Å². The van der Waals surface area contributed by atoms with Crippen molar-refractivity contribution in [1.29, 1.82) is 0 Å². The number of halogens is 3. The fraction of sp³-hybridized carbons (Fsp3) is 0.455. The lowest BCUT2D eigenvalue weighted by molar-refractivity contribution is 0.0875. The van der Waals surface area contributed by atoms with Crippen molar-refractivity contribution in [3.05, 3.63) is 28.8 Å². The zero-order valence-corrected chi connectivity index (χ0v) is 9.36. The van der Waals surface area contributed by atoms with Gasteiger partial charge in [0.1, 0.15) is 5.82 Å². The number of nitrogens with one attached hydrogen (secondary N) is 1. The van der Waals surface area contributed by atoms with Crippen LogP contribution in [0.4, 0.5) is 14.5 Å². The van der Waals surface area contributed by atoms with E-state index in [0.29, 0.717) is 6.61 Å². The van der Waals surface area contributed by atoms with Gasteiger partial charge in [0.25, 0.3) is 0 Å². The van der Waals surface area contributed by atoms with Crippen LogP contribution >= 0.6 is 11.6 Å². The van der Waals surface area contributed by atoms with Crippen LogP contribution in [0.2, 0.25) is 5.02 Å². The summed E-state index contributed by atoms with van der Waals surface area (Å²) in [6.07, 6.45) is 1.82. The maximum atomic E-state index is 13.4. The third-order valence-corrected chi connectivity index (χ3v) is 2.81. The van der Waals surface area contributed by atoms with Gasteiger partial charge in [-0.3, -0.25) is 0 Å². The number of benzene rings is 1. The van der Waals surface area contributed by atoms with Gasteiger partial charge in [0.05, 0.1) is 17.3 Å². The average molecular weight is 248 g/mol. The van der Waals surface area contributed by atoms with Crippen molar-refractivity contribution < 1.29 is 13.5 Å². The number of anilines is 1. The number of ether oxygens (including phenoxy) is 1. The van der Waals surface area contributed by atoms with Crippen molar-refractivity contribution in [3.8, 4) is 0 Å². The molecule has 2 rings (SSSR count). The minimum atomic E-state index is -0.673. The summed E-state index contributed by atoms with van der Waals surface area (Å²) in [4.78, 5) is 0. The van der Waals surface area contributed by atoms with Crippen molar-refractivity contribution in [1.82, 2.24) is 0 Å². The van der Waals surface area contributed by atoms with Crippen LogP contribution in [0, 0.1) is 11.6 Å². The van der Waals surface area contributed by atoms with Crippen LogP contribution in [0.1, 0.15) is 12.8 Å². The van der Waals surface area contributed by atoms with Gasteiger partial charge in [-0.2, -0.15) is 0 Å². The molecule has 0 aliphatic carbocycles. The average Bonchev–Trinajstić information content (AvgIpc) is 2.25. The summed E-state index contributed by atoms with van der Waals surface area (Å²) < 4.78 is 31.5. The predicted octanol–water partition coefficient (Wildman–Crippen LogP) is 3.21. The molecule has 1 heterocycles. The second kappa shape index (κ2) is 4.97. The van der Waals surface area contributed by atoms with E-state index in [1.54, 1.807) is 0 Å². The Morgan fingerprint density at radius 3 is 2.81 bits per heavy atom. The quantitative estimate of drug-likeness (QED) is 0.867. The van der Waals surface area contributed by atoms with Crippen molar-refractivity contribution >= 4 is 17.3 Å². The van der Waals surface area contributed by atoms with E-state index in [1.165, 1.54) is 0 Å². The van der Waals surface area contributed by atoms with E-state index in [4.69, 9.17) is 16.3 Å². The Bertz CT molecular complexity index is 357. The van der Waals surface area contributed by atoms with E-state index in [2.05, 4.69) is 5.32 Å². The SMILES string of the molecule is Fc1cc(F)c(NC2CCCOC2)c(Cl)c1. The van der Waals surface area contributed by atoms with Crippen LogP contribution in [0.3, 0.4) is 0 Å². The molecule has 0 spiro atoms. The van der Waals surface area contributed by atoms with Crippen molar-refractivity contribution in [2.75, 3.05) is 18.5 Å². The maximum absolute atomic E-state index is 13.4. The van der Waals surface area contributed by atoms with Crippen LogP contribution in [-0.4, -0.2) is 19.3 Å². The van der Waals surface area contributed by atoms with Gasteiger partial charge in [-0.05, 0) is 18.9 Å². The summed E-state index contributed by atoms with van der Waals surface area (Å²) in [5, 5.41) is 3.00. The molecule has 1 aromatic rings. The molecule has 16 heavy (non-hydrogen) atoms. The van der Waals surface area contributed by atoms with E-state index in [1.807, 2.05) is 0 Å². The molecule has 1 aliphatic rings. The van der Waals surface area contributed by atoms with Crippen LogP contribution in [0.15, 0.2) is 12.1 Å². The molecule has 1 N–H and O–H groups in total. The van der Waals surface area contributed by atoms with Crippen LogP contribution < -0.4 is 5.32 Å². The first kappa shape index (κ1) is 11.6. The lowest BCUT2D eigenvalue weighted by atomic mass is 10.1. The minimum Gasteiger partial charge on any atom is -0.379 e. The summed E-state index contributed by atoms with van der Waals surface area (Å²) in [7, 11) is 0. The molecule has 0 saturated carbocycles. The van der Waals surface area contributed by atoms with Crippen molar-refractivity contribution in [3.63, 3.8) is 0 Å². The number of hydrogen-bond acceptors (Lipinski definition) is 2. The van der Waals surface area contributed by atoms with E-state index in [-0.39, 0.29) is 16.8 Å². The van der Waals surface area contributed by atoms with Crippen LogP contribution in [0.5, 0.6) is 0 Å². The molecule has 0 bridgehead atoms. The predicted molar refractivity (Wildman–Crippen MR) is 58.8 cm³/mol. The molecule has 1 unspecified atom stereocenters. The van der Waals surface area contributed by atoms with Crippen LogP contribution in [-0.2, 0) is 4.74 Å². The Hall–Kier alpha value is -0.870. The standard InChI is InChI=1S/C11H12ClF2NO/c12-9-4-7(13)5-10(14)11(9)15-8-2-1-3-16-6-8/h4-5,8,15H,1-3,6H2. The van der Waals surface area contributed by atoms with Crippen molar-refractivity contribution in [2.24, 2.45) is 0 Å². The second-order valence-electron chi connectivity index (χ2n) is 3.80. The summed E-state index contributed by atoms with van der Waals surface area (Å²) in [6.45, 7) is 1.25. The summed E-state index contributed by atoms with van der Waals surface area (Å²) in [5.74, 6) is -1.34. The molecule has 5 heteroatoms. The van der Waals surface area contributed by atoms with Gasteiger partial charge in [-0.15, -0.1) is 0 Å². The van der Waals surface area contributed by atoms with Gasteiger partial charge in [0, 0.05) is 18.7 Å². The Kier molecular flexibility index (Phi) is 3.61. The highest BCUT2D eigenvalue weighted by Gasteiger charge is 2.17. The largest absolute Gasteiger partial charge is 0.379 e. The lowest BCUT2D eigenvalue weighted by Gasteiger charge is -2.24. The summed E-state index contributed by atoms with van der Waals surface area (Å²) >= 11 is 5.77. The lowest BCUT2D eigenvalue weighted by Crippen LogP contribution is -2.30. The molecule has 88 valence electrons. The molecule has 1 aliphatic heterocycles. The molecule has 1 aromatic carbocycles. The molecule has 1 atom stereocenters. The molecule has 0 radical (unpaired) electrons. The first-order chi connectivity index (χ1) is 7.66. The van der Waals surface area contributed by atoms with Gasteiger partial charge in [0.15, 0.2) is 5.82 Å². The maximum Gasteiger partial charge on any atom is 0.150 e. The Labute approximate surface area is 97.5 Å². The van der Waals surface area contributed by atoms with E-state index in [0.717, 1.165) is 31.6 Å². The number of hydrogen-bond donors (Lipinski definition) is 1. The first-order valence-electron chi connectivity index (χ1n) is 5.15. The van der Waals surface area contributed by atoms with Crippen LogP contribution in [0.25, 0.3) is 0 Å². The van der Waals surface area contributed by atoms with E-state index < -0.39 is 11.6 Å². The molecule has 0 amide bonds. The van der Waals surface area contributed by atoms with Crippen molar-refractivity contribution in [2.45, 2.75) is 18.9 Å². The van der Waals surface area contributed by atoms with Gasteiger partial charge >= 0.3 is 0 Å². The monoisotopic (exact) mass is 247 g/mol. The first-order valence-corrected chi connectivity index (χ1v) is 5.53. The molecule has 0 aromatic heterocycles. The third kappa shape index (κ3) is 2.62. The van der Waals surface area contributed by atoms with E-state index in [9.17, 15) is 8.78 Å². The highest BCUT2D eigenvalue weighted by molar-refractivity contribution is 6.33. The second-order valence-corrected chi connectivity index (χ2v) is 4.21. The minimum absolute atomic E-state index is 0.0335. The fourth-order valence-electron chi connectivity index (χ4n) is 1.74. The molecule has 1 fully saturated rings. The smallest absolute Gasteiger partial charge is 0.150 e. The summed E-state index contributed by atoms with van der Waals surface area (Å²) in [5.41, 5.74) is 0.151.